The van der Waals surface area contributed by atoms with Gasteiger partial charge >= 0.3 is 6.01 Å². The maximum atomic E-state index is 5.79. The van der Waals surface area contributed by atoms with Crippen molar-refractivity contribution < 1.29 is 4.74 Å². The predicted molar refractivity (Wildman–Crippen MR) is 66.4 cm³/mol. The molecule has 0 radical (unpaired) electrons. The molecule has 1 aliphatic carbocycles. The first-order valence-corrected chi connectivity index (χ1v) is 6.31. The van der Waals surface area contributed by atoms with Crippen LogP contribution in [0.15, 0.2) is 0 Å². The Kier molecular flexibility index (Phi) is 3.99. The lowest BCUT2D eigenvalue weighted by Crippen LogP contribution is -2.24. The van der Waals surface area contributed by atoms with E-state index < -0.39 is 0 Å². The molecule has 1 aromatic heterocycles. The zero-order valence-electron chi connectivity index (χ0n) is 10.1. The van der Waals surface area contributed by atoms with Crippen LogP contribution < -0.4 is 10.1 Å². The van der Waals surface area contributed by atoms with Gasteiger partial charge in [0, 0.05) is 7.05 Å². The van der Waals surface area contributed by atoms with Crippen molar-refractivity contribution in [1.82, 2.24) is 15.0 Å². The summed E-state index contributed by atoms with van der Waals surface area (Å²) >= 11 is 5.79. The molecule has 1 aromatic rings. The number of anilines is 1. The van der Waals surface area contributed by atoms with Crippen molar-refractivity contribution in [2.45, 2.75) is 38.7 Å². The van der Waals surface area contributed by atoms with E-state index in [-0.39, 0.29) is 11.4 Å². The van der Waals surface area contributed by atoms with Gasteiger partial charge in [-0.3, -0.25) is 0 Å². The standard InChI is InChI=1S/C11H17ClN4O/c1-7-3-5-8(6-4-7)17-11-15-9(12)14-10(13-2)16-11/h7-8H,3-6H2,1-2H3,(H,13,14,15,16). The number of hydrogen-bond donors (Lipinski definition) is 1. The molecule has 0 unspecified atom stereocenters. The summed E-state index contributed by atoms with van der Waals surface area (Å²) in [4.78, 5) is 12.0. The fourth-order valence-electron chi connectivity index (χ4n) is 1.99. The molecule has 1 fully saturated rings. The van der Waals surface area contributed by atoms with Crippen molar-refractivity contribution in [2.75, 3.05) is 12.4 Å². The Morgan fingerprint density at radius 3 is 2.53 bits per heavy atom. The molecule has 1 N–H and O–H groups in total. The molecular formula is C11H17ClN4O. The van der Waals surface area contributed by atoms with Crippen molar-refractivity contribution in [3.05, 3.63) is 5.28 Å². The predicted octanol–water partition coefficient (Wildman–Crippen LogP) is 2.52. The molecule has 1 saturated carbocycles. The second-order valence-corrected chi connectivity index (χ2v) is 4.80. The molecule has 1 heterocycles. The van der Waals surface area contributed by atoms with Gasteiger partial charge in [-0.05, 0) is 43.2 Å². The highest BCUT2D eigenvalue weighted by molar-refractivity contribution is 6.28. The number of rotatable bonds is 3. The van der Waals surface area contributed by atoms with Crippen LogP contribution in [0.4, 0.5) is 5.95 Å². The SMILES string of the molecule is CNc1nc(Cl)nc(OC2CCC(C)CC2)n1. The molecule has 0 aromatic carbocycles. The minimum Gasteiger partial charge on any atom is -0.460 e. The first-order chi connectivity index (χ1) is 8.17. The topological polar surface area (TPSA) is 59.9 Å². The summed E-state index contributed by atoms with van der Waals surface area (Å²) in [7, 11) is 1.73. The quantitative estimate of drug-likeness (QED) is 0.901. The zero-order valence-corrected chi connectivity index (χ0v) is 10.9. The van der Waals surface area contributed by atoms with E-state index in [1.54, 1.807) is 7.05 Å². The van der Waals surface area contributed by atoms with Gasteiger partial charge in [0.15, 0.2) is 0 Å². The third-order valence-electron chi connectivity index (χ3n) is 3.05. The minimum absolute atomic E-state index is 0.156. The van der Waals surface area contributed by atoms with Gasteiger partial charge in [0.1, 0.15) is 6.10 Å². The zero-order chi connectivity index (χ0) is 12.3. The number of nitrogens with one attached hydrogen (secondary N) is 1. The van der Waals surface area contributed by atoms with Crippen LogP contribution in [0.3, 0.4) is 0 Å². The number of hydrogen-bond acceptors (Lipinski definition) is 5. The Hall–Kier alpha value is -1.10. The van der Waals surface area contributed by atoms with Gasteiger partial charge in [-0.15, -0.1) is 0 Å². The second-order valence-electron chi connectivity index (χ2n) is 4.46. The number of aromatic nitrogens is 3. The van der Waals surface area contributed by atoms with Crippen molar-refractivity contribution in [2.24, 2.45) is 5.92 Å². The Bertz CT molecular complexity index is 380. The third kappa shape index (κ3) is 3.43. The summed E-state index contributed by atoms with van der Waals surface area (Å²) in [6, 6.07) is 0.314. The number of nitrogens with zero attached hydrogens (tertiary/aromatic N) is 3. The van der Waals surface area contributed by atoms with Crippen molar-refractivity contribution in [3.8, 4) is 6.01 Å². The number of halogens is 1. The largest absolute Gasteiger partial charge is 0.460 e. The highest BCUT2D eigenvalue weighted by Crippen LogP contribution is 2.26. The van der Waals surface area contributed by atoms with E-state index in [9.17, 15) is 0 Å². The van der Waals surface area contributed by atoms with Crippen molar-refractivity contribution >= 4 is 17.5 Å². The van der Waals surface area contributed by atoms with Gasteiger partial charge in [-0.1, -0.05) is 6.92 Å². The lowest BCUT2D eigenvalue weighted by Gasteiger charge is -2.25. The molecule has 6 heteroatoms. The molecule has 1 aliphatic rings. The summed E-state index contributed by atoms with van der Waals surface area (Å²) in [5.74, 6) is 1.23. The Morgan fingerprint density at radius 2 is 1.88 bits per heavy atom. The molecule has 94 valence electrons. The molecule has 17 heavy (non-hydrogen) atoms. The van der Waals surface area contributed by atoms with E-state index in [4.69, 9.17) is 16.3 Å². The van der Waals surface area contributed by atoms with Gasteiger partial charge in [0.2, 0.25) is 11.2 Å². The van der Waals surface area contributed by atoms with E-state index in [0.29, 0.717) is 12.0 Å². The van der Waals surface area contributed by atoms with Crippen LogP contribution in [-0.2, 0) is 0 Å². The van der Waals surface area contributed by atoms with Gasteiger partial charge in [-0.2, -0.15) is 15.0 Å². The van der Waals surface area contributed by atoms with Crippen LogP contribution in [0, 0.1) is 5.92 Å². The van der Waals surface area contributed by atoms with Crippen molar-refractivity contribution in [1.29, 1.82) is 0 Å². The van der Waals surface area contributed by atoms with E-state index in [0.717, 1.165) is 18.8 Å². The summed E-state index contributed by atoms with van der Waals surface area (Å²) in [5.41, 5.74) is 0. The highest BCUT2D eigenvalue weighted by Gasteiger charge is 2.20. The average Bonchev–Trinajstić information content (AvgIpc) is 2.31. The molecule has 0 spiro atoms. The van der Waals surface area contributed by atoms with E-state index in [1.807, 2.05) is 0 Å². The molecule has 2 rings (SSSR count). The van der Waals surface area contributed by atoms with Crippen LogP contribution in [0.2, 0.25) is 5.28 Å². The van der Waals surface area contributed by atoms with Crippen molar-refractivity contribution in [3.63, 3.8) is 0 Å². The molecule has 0 amide bonds. The monoisotopic (exact) mass is 256 g/mol. The summed E-state index contributed by atoms with van der Waals surface area (Å²) < 4.78 is 5.74. The van der Waals surface area contributed by atoms with Crippen LogP contribution in [-0.4, -0.2) is 28.1 Å². The van der Waals surface area contributed by atoms with Gasteiger partial charge in [0.05, 0.1) is 0 Å². The molecule has 0 atom stereocenters. The highest BCUT2D eigenvalue weighted by atomic mass is 35.5. The summed E-state index contributed by atoms with van der Waals surface area (Å²) in [6.07, 6.45) is 4.71. The molecule has 5 nitrogen and oxygen atoms in total. The lowest BCUT2D eigenvalue weighted by atomic mass is 9.89. The van der Waals surface area contributed by atoms with E-state index in [1.165, 1.54) is 12.8 Å². The molecular weight excluding hydrogens is 240 g/mol. The maximum Gasteiger partial charge on any atom is 0.322 e. The Morgan fingerprint density at radius 1 is 1.18 bits per heavy atom. The van der Waals surface area contributed by atoms with Gasteiger partial charge < -0.3 is 10.1 Å². The van der Waals surface area contributed by atoms with E-state index in [2.05, 4.69) is 27.2 Å². The average molecular weight is 257 g/mol. The first kappa shape index (κ1) is 12.4. The summed E-state index contributed by atoms with van der Waals surface area (Å²) in [6.45, 7) is 2.27. The first-order valence-electron chi connectivity index (χ1n) is 5.93. The minimum atomic E-state index is 0.156. The smallest absolute Gasteiger partial charge is 0.322 e. The fourth-order valence-corrected chi connectivity index (χ4v) is 2.15. The maximum absolute atomic E-state index is 5.79. The van der Waals surface area contributed by atoms with Crippen LogP contribution in [0.1, 0.15) is 32.6 Å². The summed E-state index contributed by atoms with van der Waals surface area (Å²) in [5, 5.41) is 2.98. The molecule has 0 bridgehead atoms. The fraction of sp³-hybridized carbons (Fsp3) is 0.727. The second kappa shape index (κ2) is 5.49. The Balaban J connectivity index is 2.00. The van der Waals surface area contributed by atoms with E-state index >= 15 is 0 Å². The molecule has 0 saturated heterocycles. The van der Waals surface area contributed by atoms with Gasteiger partial charge in [0.25, 0.3) is 0 Å². The van der Waals surface area contributed by atoms with Crippen LogP contribution in [0.5, 0.6) is 6.01 Å². The third-order valence-corrected chi connectivity index (χ3v) is 3.22. The van der Waals surface area contributed by atoms with Gasteiger partial charge in [-0.25, -0.2) is 0 Å². The Labute approximate surface area is 106 Å². The molecule has 0 aliphatic heterocycles. The lowest BCUT2D eigenvalue weighted by molar-refractivity contribution is 0.124. The number of ether oxygens (including phenoxy) is 1. The van der Waals surface area contributed by atoms with Crippen LogP contribution in [0.25, 0.3) is 0 Å². The normalized spacial score (nSPS) is 24.4. The van der Waals surface area contributed by atoms with Crippen LogP contribution >= 0.6 is 11.6 Å².